The van der Waals surface area contributed by atoms with E-state index in [0.29, 0.717) is 56.5 Å². The zero-order chi connectivity index (χ0) is 23.5. The average molecular weight is 471 g/mol. The summed E-state index contributed by atoms with van der Waals surface area (Å²) >= 11 is 6.29. The van der Waals surface area contributed by atoms with Crippen LogP contribution in [0.4, 0.5) is 4.79 Å². The highest BCUT2D eigenvalue weighted by Gasteiger charge is 2.34. The highest BCUT2D eigenvalue weighted by atomic mass is 35.5. The molecule has 32 heavy (non-hydrogen) atoms. The molecule has 1 saturated heterocycles. The number of piperidine rings is 1. The summed E-state index contributed by atoms with van der Waals surface area (Å²) in [5.74, 6) is 0.687. The van der Waals surface area contributed by atoms with Gasteiger partial charge in [-0.25, -0.2) is 4.79 Å². The van der Waals surface area contributed by atoms with Gasteiger partial charge in [-0.05, 0) is 33.3 Å². The number of nitrogens with one attached hydrogen (secondary N) is 1. The fourth-order valence-corrected chi connectivity index (χ4v) is 4.06. The lowest BCUT2D eigenvalue weighted by Gasteiger charge is -2.38. The van der Waals surface area contributed by atoms with E-state index in [1.807, 2.05) is 20.8 Å². The number of rotatable bonds is 5. The van der Waals surface area contributed by atoms with E-state index < -0.39 is 5.60 Å². The molecule has 0 unspecified atom stereocenters. The Balaban J connectivity index is 1.65. The minimum absolute atomic E-state index is 0.0318. The second-order valence-electron chi connectivity index (χ2n) is 8.75. The van der Waals surface area contributed by atoms with Gasteiger partial charge in [-0.3, -0.25) is 4.79 Å². The number of hydrogen-bond donors (Lipinski definition) is 1. The van der Waals surface area contributed by atoms with Crippen LogP contribution in [-0.4, -0.2) is 75.7 Å². The predicted octanol–water partition coefficient (Wildman–Crippen LogP) is 3.12. The van der Waals surface area contributed by atoms with Gasteiger partial charge in [0.2, 0.25) is 5.75 Å². The number of amides is 2. The maximum atomic E-state index is 13.0. The quantitative estimate of drug-likeness (QED) is 0.706. The van der Waals surface area contributed by atoms with Crippen LogP contribution in [0.5, 0.6) is 17.2 Å². The summed E-state index contributed by atoms with van der Waals surface area (Å²) < 4.78 is 27.7. The van der Waals surface area contributed by atoms with Crippen molar-refractivity contribution in [3.63, 3.8) is 0 Å². The molecule has 3 rings (SSSR count). The normalized spacial score (nSPS) is 20.5. The van der Waals surface area contributed by atoms with Crippen molar-refractivity contribution in [2.75, 3.05) is 47.1 Å². The van der Waals surface area contributed by atoms with Crippen LogP contribution in [-0.2, 0) is 9.47 Å². The Morgan fingerprint density at radius 3 is 2.53 bits per heavy atom. The van der Waals surface area contributed by atoms with E-state index in [-0.39, 0.29) is 34.6 Å². The first kappa shape index (κ1) is 24.3. The topological polar surface area (TPSA) is 95.6 Å². The summed E-state index contributed by atoms with van der Waals surface area (Å²) in [6.45, 7) is 7.46. The van der Waals surface area contributed by atoms with Crippen molar-refractivity contribution in [1.29, 1.82) is 0 Å². The number of hydrogen-bond acceptors (Lipinski definition) is 7. The predicted molar refractivity (Wildman–Crippen MR) is 118 cm³/mol. The number of methoxy groups -OCH3 is 2. The molecule has 2 atom stereocenters. The van der Waals surface area contributed by atoms with Crippen LogP contribution < -0.4 is 19.5 Å². The molecular formula is C22H31ClN2O7. The number of carbonyl (C=O) groups is 2. The summed E-state index contributed by atoms with van der Waals surface area (Å²) in [7, 11) is 3.08. The molecule has 0 aliphatic carbocycles. The lowest BCUT2D eigenvalue weighted by Crippen LogP contribution is -2.51. The van der Waals surface area contributed by atoms with Crippen LogP contribution in [0.25, 0.3) is 0 Å². The fourth-order valence-electron chi connectivity index (χ4n) is 3.79. The van der Waals surface area contributed by atoms with E-state index in [9.17, 15) is 9.59 Å². The molecule has 1 aromatic carbocycles. The number of carbonyl (C=O) groups excluding carboxylic acids is 2. The smallest absolute Gasteiger partial charge is 0.410 e. The third-order valence-electron chi connectivity index (χ3n) is 5.35. The van der Waals surface area contributed by atoms with E-state index in [0.717, 1.165) is 0 Å². The Kier molecular flexibility index (Phi) is 7.61. The molecule has 0 spiro atoms. The van der Waals surface area contributed by atoms with Gasteiger partial charge in [0.25, 0.3) is 5.91 Å². The lowest BCUT2D eigenvalue weighted by molar-refractivity contribution is -0.0280. The van der Waals surface area contributed by atoms with Gasteiger partial charge in [0, 0.05) is 26.1 Å². The molecule has 0 radical (unpaired) electrons. The zero-order valence-corrected chi connectivity index (χ0v) is 19.9. The Bertz CT molecular complexity index is 856. The van der Waals surface area contributed by atoms with E-state index >= 15 is 0 Å². The molecule has 0 bridgehead atoms. The summed E-state index contributed by atoms with van der Waals surface area (Å²) in [5, 5.41) is 3.21. The molecule has 1 fully saturated rings. The van der Waals surface area contributed by atoms with Gasteiger partial charge in [-0.15, -0.1) is 0 Å². The Morgan fingerprint density at radius 2 is 1.91 bits per heavy atom. The largest absolute Gasteiger partial charge is 0.491 e. The lowest BCUT2D eigenvalue weighted by atomic mass is 9.93. The molecule has 10 heteroatoms. The first-order valence-corrected chi connectivity index (χ1v) is 11.0. The SMILES string of the molecule is COc1c(Cl)cc(C(=O)NC[C@@H]2CCN(C(=O)OC(C)(C)C)C[C@H]2OC)c2c1OCCO2. The molecule has 1 aromatic rings. The summed E-state index contributed by atoms with van der Waals surface area (Å²) in [6.07, 6.45) is 0.0715. The van der Waals surface area contributed by atoms with Gasteiger partial charge < -0.3 is 33.9 Å². The molecule has 1 N–H and O–H groups in total. The van der Waals surface area contributed by atoms with Gasteiger partial charge in [-0.1, -0.05) is 11.6 Å². The van der Waals surface area contributed by atoms with Gasteiger partial charge in [-0.2, -0.15) is 0 Å². The number of likely N-dealkylation sites (tertiary alicyclic amines) is 1. The molecule has 2 heterocycles. The number of halogens is 1. The molecule has 0 aromatic heterocycles. The van der Waals surface area contributed by atoms with Gasteiger partial charge >= 0.3 is 6.09 Å². The molecule has 178 valence electrons. The van der Waals surface area contributed by atoms with Crippen molar-refractivity contribution in [2.45, 2.75) is 38.9 Å². The van der Waals surface area contributed by atoms with Crippen LogP contribution in [0.1, 0.15) is 37.6 Å². The highest BCUT2D eigenvalue weighted by Crippen LogP contribution is 2.46. The van der Waals surface area contributed by atoms with Crippen molar-refractivity contribution in [1.82, 2.24) is 10.2 Å². The van der Waals surface area contributed by atoms with Gasteiger partial charge in [0.15, 0.2) is 11.5 Å². The molecule has 2 amide bonds. The Labute approximate surface area is 193 Å². The van der Waals surface area contributed by atoms with Crippen LogP contribution in [0.15, 0.2) is 6.07 Å². The van der Waals surface area contributed by atoms with Crippen molar-refractivity contribution >= 4 is 23.6 Å². The number of ether oxygens (including phenoxy) is 5. The van der Waals surface area contributed by atoms with Crippen molar-refractivity contribution in [2.24, 2.45) is 5.92 Å². The van der Waals surface area contributed by atoms with Crippen LogP contribution in [0, 0.1) is 5.92 Å². The molecule has 2 aliphatic heterocycles. The van der Waals surface area contributed by atoms with Gasteiger partial charge in [0.05, 0.1) is 30.3 Å². The van der Waals surface area contributed by atoms with Crippen LogP contribution >= 0.6 is 11.6 Å². The van der Waals surface area contributed by atoms with E-state index in [1.165, 1.54) is 13.2 Å². The summed E-state index contributed by atoms with van der Waals surface area (Å²) in [4.78, 5) is 27.0. The monoisotopic (exact) mass is 470 g/mol. The van der Waals surface area contributed by atoms with Crippen molar-refractivity contribution < 1.29 is 33.3 Å². The second kappa shape index (κ2) is 10.0. The Hall–Kier alpha value is -2.39. The third kappa shape index (κ3) is 5.50. The van der Waals surface area contributed by atoms with Gasteiger partial charge in [0.1, 0.15) is 18.8 Å². The number of fused-ring (bicyclic) bond motifs is 1. The van der Waals surface area contributed by atoms with Crippen molar-refractivity contribution in [3.8, 4) is 17.2 Å². The highest BCUT2D eigenvalue weighted by molar-refractivity contribution is 6.33. The minimum Gasteiger partial charge on any atom is -0.491 e. The zero-order valence-electron chi connectivity index (χ0n) is 19.2. The third-order valence-corrected chi connectivity index (χ3v) is 5.63. The summed E-state index contributed by atoms with van der Waals surface area (Å²) in [6, 6.07) is 1.52. The summed E-state index contributed by atoms with van der Waals surface area (Å²) in [5.41, 5.74) is -0.277. The first-order valence-electron chi connectivity index (χ1n) is 10.6. The number of benzene rings is 1. The molecule has 9 nitrogen and oxygen atoms in total. The first-order chi connectivity index (χ1) is 15.1. The molecular weight excluding hydrogens is 440 g/mol. The number of nitrogens with zero attached hydrogens (tertiary/aromatic N) is 1. The van der Waals surface area contributed by atoms with E-state index in [4.69, 9.17) is 35.3 Å². The Morgan fingerprint density at radius 1 is 1.22 bits per heavy atom. The van der Waals surface area contributed by atoms with Crippen molar-refractivity contribution in [3.05, 3.63) is 16.7 Å². The fraction of sp³-hybridized carbons (Fsp3) is 0.636. The minimum atomic E-state index is -0.560. The van der Waals surface area contributed by atoms with Crippen LogP contribution in [0.3, 0.4) is 0 Å². The molecule has 0 saturated carbocycles. The maximum Gasteiger partial charge on any atom is 0.410 e. The maximum absolute atomic E-state index is 13.0. The van der Waals surface area contributed by atoms with E-state index in [1.54, 1.807) is 12.0 Å². The molecule has 2 aliphatic rings. The van der Waals surface area contributed by atoms with E-state index in [2.05, 4.69) is 5.32 Å². The second-order valence-corrected chi connectivity index (χ2v) is 9.16. The average Bonchev–Trinajstić information content (AvgIpc) is 2.75. The van der Waals surface area contributed by atoms with Crippen LogP contribution in [0.2, 0.25) is 5.02 Å². The standard InChI is InChI=1S/C22H31ClN2O7/c1-22(2,3)32-21(27)25-7-6-13(16(12-25)28-4)11-24-20(26)14-10-15(23)18(29-5)19-17(14)30-8-9-31-19/h10,13,16H,6-9,11-12H2,1-5H3,(H,24,26)/t13-,16+/m0/s1.